The van der Waals surface area contributed by atoms with Gasteiger partial charge in [-0.15, -0.1) is 0 Å². The fraction of sp³-hybridized carbons (Fsp3) is 0.346. The third-order valence-corrected chi connectivity index (χ3v) is 4.95. The van der Waals surface area contributed by atoms with Crippen LogP contribution in [-0.4, -0.2) is 22.5 Å². The number of aromatic nitrogens is 1. The molecule has 3 rings (SSSR count). The van der Waals surface area contributed by atoms with Crippen molar-refractivity contribution in [3.8, 4) is 11.1 Å². The van der Waals surface area contributed by atoms with Crippen LogP contribution in [0.3, 0.4) is 0 Å². The Hall–Kier alpha value is -3.41. The zero-order chi connectivity index (χ0) is 23.5. The minimum atomic E-state index is -0.633. The van der Waals surface area contributed by atoms with Gasteiger partial charge in [0.2, 0.25) is 0 Å². The topological polar surface area (TPSA) is 77.4 Å². The van der Waals surface area contributed by atoms with Crippen molar-refractivity contribution in [2.75, 3.05) is 0 Å². The maximum absolute atomic E-state index is 13.5. The summed E-state index contributed by atoms with van der Waals surface area (Å²) in [5.74, 6) is 0.211. The molecule has 0 fully saturated rings. The highest BCUT2D eigenvalue weighted by atomic mass is 16.6. The van der Waals surface area contributed by atoms with Crippen LogP contribution in [0.4, 0.5) is 4.79 Å². The number of pyridine rings is 1. The average Bonchev–Trinajstić information content (AvgIpc) is 2.73. The quantitative estimate of drug-likeness (QED) is 0.544. The van der Waals surface area contributed by atoms with Crippen LogP contribution in [0, 0.1) is 5.92 Å². The minimum absolute atomic E-state index is 0.113. The van der Waals surface area contributed by atoms with Crippen molar-refractivity contribution in [3.63, 3.8) is 0 Å². The highest BCUT2D eigenvalue weighted by molar-refractivity contribution is 6.00. The van der Waals surface area contributed by atoms with Gasteiger partial charge in [-0.1, -0.05) is 50.2 Å². The number of ether oxygens (including phenoxy) is 1. The standard InChI is InChI=1S/C26H30N2O4/c1-17(2)15-28-22(14-27-25(31)32-26(3,4)5)23(19-9-7-6-8-10-19)21-13-18(16-29)11-12-20(21)24(28)30/h6-13,16-17H,14-15H2,1-5H3,(H,27,31). The lowest BCUT2D eigenvalue weighted by molar-refractivity contribution is 0.0522. The number of hydrogen-bond donors (Lipinski definition) is 1. The molecule has 1 amide bonds. The lowest BCUT2D eigenvalue weighted by Crippen LogP contribution is -2.35. The van der Waals surface area contributed by atoms with E-state index in [0.29, 0.717) is 28.6 Å². The molecule has 0 spiro atoms. The summed E-state index contributed by atoms with van der Waals surface area (Å²) < 4.78 is 7.13. The number of carbonyl (C=O) groups excluding carboxylic acids is 2. The minimum Gasteiger partial charge on any atom is -0.444 e. The predicted molar refractivity (Wildman–Crippen MR) is 127 cm³/mol. The Balaban J connectivity index is 2.28. The van der Waals surface area contributed by atoms with Crippen LogP contribution in [0.5, 0.6) is 0 Å². The monoisotopic (exact) mass is 434 g/mol. The first-order valence-corrected chi connectivity index (χ1v) is 10.8. The van der Waals surface area contributed by atoms with Crippen molar-refractivity contribution >= 4 is 23.2 Å². The summed E-state index contributed by atoms with van der Waals surface area (Å²) in [5, 5.41) is 4.03. The Kier molecular flexibility index (Phi) is 6.82. The molecule has 0 saturated carbocycles. The fourth-order valence-corrected chi connectivity index (χ4v) is 3.73. The first kappa shape index (κ1) is 23.3. The van der Waals surface area contributed by atoms with Crippen LogP contribution in [0.1, 0.15) is 50.7 Å². The lowest BCUT2D eigenvalue weighted by Gasteiger charge is -2.23. The molecule has 0 radical (unpaired) electrons. The second-order valence-electron chi connectivity index (χ2n) is 9.28. The van der Waals surface area contributed by atoms with Crippen molar-refractivity contribution in [2.45, 2.75) is 53.3 Å². The van der Waals surface area contributed by atoms with Crippen molar-refractivity contribution in [1.82, 2.24) is 9.88 Å². The Morgan fingerprint density at radius 3 is 2.38 bits per heavy atom. The molecule has 0 unspecified atom stereocenters. The molecule has 3 aromatic rings. The molecule has 1 heterocycles. The lowest BCUT2D eigenvalue weighted by atomic mass is 9.95. The molecule has 0 aliphatic carbocycles. The molecular weight excluding hydrogens is 404 g/mol. The summed E-state index contributed by atoms with van der Waals surface area (Å²) in [6, 6.07) is 14.8. The second kappa shape index (κ2) is 9.39. The predicted octanol–water partition coefficient (Wildman–Crippen LogP) is 5.16. The number of amides is 1. The summed E-state index contributed by atoms with van der Waals surface area (Å²) in [6.07, 6.45) is 0.216. The van der Waals surface area contributed by atoms with E-state index in [1.807, 2.05) is 44.2 Å². The van der Waals surface area contributed by atoms with Gasteiger partial charge in [-0.25, -0.2) is 4.79 Å². The van der Waals surface area contributed by atoms with Gasteiger partial charge in [-0.2, -0.15) is 0 Å². The number of aldehydes is 1. The van der Waals surface area contributed by atoms with Crippen LogP contribution < -0.4 is 10.9 Å². The molecule has 1 N–H and O–H groups in total. The zero-order valence-electron chi connectivity index (χ0n) is 19.3. The number of rotatable bonds is 6. The summed E-state index contributed by atoms with van der Waals surface area (Å²) in [5.41, 5.74) is 2.11. The van der Waals surface area contributed by atoms with E-state index in [0.717, 1.165) is 17.4 Å². The van der Waals surface area contributed by atoms with Crippen LogP contribution in [0.25, 0.3) is 21.9 Å². The van der Waals surface area contributed by atoms with E-state index in [1.54, 1.807) is 43.5 Å². The van der Waals surface area contributed by atoms with Crippen LogP contribution >= 0.6 is 0 Å². The van der Waals surface area contributed by atoms with Gasteiger partial charge in [0, 0.05) is 28.8 Å². The number of nitrogens with zero attached hydrogens (tertiary/aromatic N) is 1. The molecule has 0 aliphatic heterocycles. The van der Waals surface area contributed by atoms with Gasteiger partial charge in [-0.3, -0.25) is 9.59 Å². The molecule has 2 aromatic carbocycles. The van der Waals surface area contributed by atoms with E-state index in [9.17, 15) is 14.4 Å². The Morgan fingerprint density at radius 2 is 1.78 bits per heavy atom. The normalized spacial score (nSPS) is 11.6. The van der Waals surface area contributed by atoms with E-state index in [2.05, 4.69) is 5.32 Å². The smallest absolute Gasteiger partial charge is 0.407 e. The first-order valence-electron chi connectivity index (χ1n) is 10.8. The molecule has 0 saturated heterocycles. The van der Waals surface area contributed by atoms with Gasteiger partial charge < -0.3 is 14.6 Å². The first-order chi connectivity index (χ1) is 15.1. The number of benzene rings is 2. The van der Waals surface area contributed by atoms with E-state index in [-0.39, 0.29) is 18.0 Å². The maximum atomic E-state index is 13.5. The maximum Gasteiger partial charge on any atom is 0.407 e. The van der Waals surface area contributed by atoms with Crippen molar-refractivity contribution < 1.29 is 14.3 Å². The SMILES string of the molecule is CC(C)Cn1c(CNC(=O)OC(C)(C)C)c(-c2ccccc2)c2cc(C=O)ccc2c1=O. The van der Waals surface area contributed by atoms with E-state index >= 15 is 0 Å². The number of alkyl carbamates (subject to hydrolysis) is 1. The van der Waals surface area contributed by atoms with Gasteiger partial charge in [0.1, 0.15) is 11.9 Å². The Morgan fingerprint density at radius 1 is 1.09 bits per heavy atom. The number of carbonyl (C=O) groups is 2. The number of hydrogen-bond acceptors (Lipinski definition) is 4. The van der Waals surface area contributed by atoms with Crippen LogP contribution in [0.2, 0.25) is 0 Å². The third kappa shape index (κ3) is 5.25. The van der Waals surface area contributed by atoms with Crippen molar-refractivity contribution in [3.05, 3.63) is 70.1 Å². The Labute approximate surface area is 188 Å². The summed E-state index contributed by atoms with van der Waals surface area (Å²) in [6.45, 7) is 10.1. The van der Waals surface area contributed by atoms with E-state index in [4.69, 9.17) is 4.74 Å². The van der Waals surface area contributed by atoms with E-state index < -0.39 is 11.7 Å². The van der Waals surface area contributed by atoms with Gasteiger partial charge in [0.25, 0.3) is 5.56 Å². The molecule has 0 atom stereocenters. The Bertz CT molecular complexity index is 1190. The number of nitrogens with one attached hydrogen (secondary N) is 1. The van der Waals surface area contributed by atoms with Crippen LogP contribution in [-0.2, 0) is 17.8 Å². The van der Waals surface area contributed by atoms with Gasteiger partial charge >= 0.3 is 6.09 Å². The molecular formula is C26H30N2O4. The van der Waals surface area contributed by atoms with Crippen LogP contribution in [0.15, 0.2) is 53.3 Å². The summed E-state index contributed by atoms with van der Waals surface area (Å²) in [4.78, 5) is 37.3. The van der Waals surface area contributed by atoms with Crippen molar-refractivity contribution in [1.29, 1.82) is 0 Å². The molecule has 1 aromatic heterocycles. The van der Waals surface area contributed by atoms with E-state index in [1.165, 1.54) is 0 Å². The average molecular weight is 435 g/mol. The molecule has 6 heteroatoms. The molecule has 32 heavy (non-hydrogen) atoms. The summed E-state index contributed by atoms with van der Waals surface area (Å²) in [7, 11) is 0. The van der Waals surface area contributed by atoms with Gasteiger partial charge in [0.15, 0.2) is 0 Å². The fourth-order valence-electron chi connectivity index (χ4n) is 3.73. The largest absolute Gasteiger partial charge is 0.444 e. The second-order valence-corrected chi connectivity index (χ2v) is 9.28. The number of fused-ring (bicyclic) bond motifs is 1. The molecule has 168 valence electrons. The highest BCUT2D eigenvalue weighted by Gasteiger charge is 2.21. The summed E-state index contributed by atoms with van der Waals surface area (Å²) >= 11 is 0. The molecule has 6 nitrogen and oxygen atoms in total. The van der Waals surface area contributed by atoms with Crippen molar-refractivity contribution in [2.24, 2.45) is 5.92 Å². The molecule has 0 bridgehead atoms. The van der Waals surface area contributed by atoms with Gasteiger partial charge in [0.05, 0.1) is 6.54 Å². The third-order valence-electron chi connectivity index (χ3n) is 4.95. The molecule has 0 aliphatic rings. The zero-order valence-corrected chi connectivity index (χ0v) is 19.3. The van der Waals surface area contributed by atoms with Gasteiger partial charge in [-0.05, 0) is 49.8 Å². The highest BCUT2D eigenvalue weighted by Crippen LogP contribution is 2.31.